The zero-order valence-electron chi connectivity index (χ0n) is 35.6. The van der Waals surface area contributed by atoms with Crippen molar-refractivity contribution in [3.8, 4) is 0 Å². The zero-order chi connectivity index (χ0) is 40.7. The van der Waals surface area contributed by atoms with Gasteiger partial charge in [0.15, 0.2) is 6.10 Å². The van der Waals surface area contributed by atoms with Gasteiger partial charge in [-0.2, -0.15) is 0 Å². The van der Waals surface area contributed by atoms with E-state index in [0.29, 0.717) is 17.4 Å². The third kappa shape index (κ3) is 41.2. The Labute approximate surface area is 336 Å². The van der Waals surface area contributed by atoms with Crippen molar-refractivity contribution >= 4 is 19.8 Å². The van der Waals surface area contributed by atoms with Crippen LogP contribution in [0, 0.1) is 0 Å². The first-order valence-corrected chi connectivity index (χ1v) is 23.0. The van der Waals surface area contributed by atoms with Gasteiger partial charge in [-0.05, 0) is 64.2 Å². The first-order valence-electron chi connectivity index (χ1n) is 21.5. The maximum Gasteiger partial charge on any atom is 0.472 e. The second-order valence-corrected chi connectivity index (χ2v) is 16.8. The fraction of sp³-hybridized carbons (Fsp3) is 0.733. The lowest BCUT2D eigenvalue weighted by Crippen LogP contribution is -2.37. The summed E-state index contributed by atoms with van der Waals surface area (Å²) >= 11 is 0. The largest absolute Gasteiger partial charge is 0.472 e. The lowest BCUT2D eigenvalue weighted by Gasteiger charge is -2.24. The highest BCUT2D eigenvalue weighted by Crippen LogP contribution is 2.43. The summed E-state index contributed by atoms with van der Waals surface area (Å²) in [5.74, 6) is -0.902. The lowest BCUT2D eigenvalue weighted by atomic mass is 10.1. The number of unbranched alkanes of at least 4 members (excludes halogenated alkanes) is 14. The quantitative estimate of drug-likeness (QED) is 0.0216. The molecule has 318 valence electrons. The van der Waals surface area contributed by atoms with Gasteiger partial charge < -0.3 is 18.9 Å². The maximum atomic E-state index is 12.6. The van der Waals surface area contributed by atoms with Crippen molar-refractivity contribution in [2.45, 2.75) is 168 Å². The summed E-state index contributed by atoms with van der Waals surface area (Å²) in [6.07, 6.45) is 44.3. The first kappa shape index (κ1) is 52.7. The van der Waals surface area contributed by atoms with Crippen LogP contribution in [-0.4, -0.2) is 74.9 Å². The number of likely N-dealkylation sites (N-methyl/N-ethyl adjacent to an activating group) is 1. The molecule has 0 rings (SSSR count). The highest BCUT2D eigenvalue weighted by molar-refractivity contribution is 7.47. The van der Waals surface area contributed by atoms with Gasteiger partial charge in [0.05, 0.1) is 27.7 Å². The van der Waals surface area contributed by atoms with E-state index in [9.17, 15) is 19.0 Å². The number of allylic oxidation sites excluding steroid dienone is 10. The van der Waals surface area contributed by atoms with E-state index in [4.69, 9.17) is 18.5 Å². The topological polar surface area (TPSA) is 108 Å². The number of hydrogen-bond acceptors (Lipinski definition) is 7. The third-order valence-corrected chi connectivity index (χ3v) is 9.78. The third-order valence-electron chi connectivity index (χ3n) is 8.80. The molecule has 2 unspecified atom stereocenters. The van der Waals surface area contributed by atoms with Crippen LogP contribution in [0.2, 0.25) is 0 Å². The fourth-order valence-electron chi connectivity index (χ4n) is 5.43. The Morgan fingerprint density at radius 1 is 0.582 bits per heavy atom. The maximum absolute atomic E-state index is 12.6. The highest BCUT2D eigenvalue weighted by atomic mass is 31.2. The number of carbonyl (C=O) groups excluding carboxylic acids is 2. The predicted molar refractivity (Wildman–Crippen MR) is 229 cm³/mol. The molecule has 0 heterocycles. The Kier molecular flexibility index (Phi) is 35.7. The number of phosphoric acid groups is 1. The molecule has 0 radical (unpaired) electrons. The summed E-state index contributed by atoms with van der Waals surface area (Å²) in [4.78, 5) is 35.3. The van der Waals surface area contributed by atoms with E-state index >= 15 is 0 Å². The van der Waals surface area contributed by atoms with E-state index < -0.39 is 32.5 Å². The average molecular weight is 795 g/mol. The van der Waals surface area contributed by atoms with Crippen LogP contribution in [0.3, 0.4) is 0 Å². The van der Waals surface area contributed by atoms with Crippen LogP contribution < -0.4 is 0 Å². The molecule has 0 aromatic rings. The van der Waals surface area contributed by atoms with E-state index in [1.165, 1.54) is 70.6 Å². The Morgan fingerprint density at radius 3 is 1.62 bits per heavy atom. The van der Waals surface area contributed by atoms with Crippen LogP contribution in [0.4, 0.5) is 0 Å². The van der Waals surface area contributed by atoms with Crippen LogP contribution in [0.1, 0.15) is 162 Å². The van der Waals surface area contributed by atoms with E-state index in [1.807, 2.05) is 33.3 Å². The summed E-state index contributed by atoms with van der Waals surface area (Å²) in [5.41, 5.74) is 0. The van der Waals surface area contributed by atoms with Crippen LogP contribution in [0.5, 0.6) is 0 Å². The second kappa shape index (κ2) is 37.3. The van der Waals surface area contributed by atoms with Crippen LogP contribution in [0.25, 0.3) is 0 Å². The van der Waals surface area contributed by atoms with Gasteiger partial charge in [-0.3, -0.25) is 18.6 Å². The molecule has 0 aromatic carbocycles. The summed E-state index contributed by atoms with van der Waals surface area (Å²) < 4.78 is 34.1. The molecule has 0 saturated heterocycles. The lowest BCUT2D eigenvalue weighted by molar-refractivity contribution is -0.870. The molecular weight excluding hydrogens is 713 g/mol. The van der Waals surface area contributed by atoms with Crippen LogP contribution >= 0.6 is 7.82 Å². The number of quaternary nitrogens is 1. The zero-order valence-corrected chi connectivity index (χ0v) is 36.5. The van der Waals surface area contributed by atoms with Gasteiger partial charge in [0.25, 0.3) is 0 Å². The molecule has 0 aliphatic rings. The summed E-state index contributed by atoms with van der Waals surface area (Å²) in [6, 6.07) is 0. The minimum absolute atomic E-state index is 0.0162. The van der Waals surface area contributed by atoms with Crippen molar-refractivity contribution in [1.29, 1.82) is 0 Å². The van der Waals surface area contributed by atoms with Crippen molar-refractivity contribution in [1.82, 2.24) is 0 Å². The van der Waals surface area contributed by atoms with E-state index in [2.05, 4.69) is 62.5 Å². The van der Waals surface area contributed by atoms with E-state index in [-0.39, 0.29) is 26.1 Å². The molecule has 0 amide bonds. The molecule has 9 nitrogen and oxygen atoms in total. The monoisotopic (exact) mass is 795 g/mol. The van der Waals surface area contributed by atoms with E-state index in [1.54, 1.807) is 0 Å². The molecule has 0 spiro atoms. The molecule has 2 atom stereocenters. The first-order chi connectivity index (χ1) is 26.5. The molecule has 0 fully saturated rings. The molecule has 1 N–H and O–H groups in total. The number of carbonyl (C=O) groups is 2. The Bertz CT molecular complexity index is 1120. The number of esters is 2. The molecule has 0 saturated carbocycles. The Hall–Kier alpha value is -2.29. The van der Waals surface area contributed by atoms with Gasteiger partial charge in [0, 0.05) is 12.8 Å². The van der Waals surface area contributed by atoms with Gasteiger partial charge in [-0.15, -0.1) is 0 Å². The number of rotatable bonds is 38. The number of hydrogen-bond donors (Lipinski definition) is 1. The van der Waals surface area contributed by atoms with Gasteiger partial charge in [-0.25, -0.2) is 4.57 Å². The Balaban J connectivity index is 4.43. The second-order valence-electron chi connectivity index (χ2n) is 15.3. The number of ether oxygens (including phenoxy) is 2. The van der Waals surface area contributed by atoms with Crippen LogP contribution in [0.15, 0.2) is 60.8 Å². The van der Waals surface area contributed by atoms with Gasteiger partial charge in [0.2, 0.25) is 0 Å². The van der Waals surface area contributed by atoms with Gasteiger partial charge >= 0.3 is 19.8 Å². The van der Waals surface area contributed by atoms with Crippen molar-refractivity contribution < 1.29 is 42.1 Å². The molecule has 0 aromatic heterocycles. The van der Waals surface area contributed by atoms with Crippen LogP contribution in [-0.2, 0) is 32.7 Å². The summed E-state index contributed by atoms with van der Waals surface area (Å²) in [6.45, 7) is 4.20. The fourth-order valence-corrected chi connectivity index (χ4v) is 6.17. The number of nitrogens with zero attached hydrogens (tertiary/aromatic N) is 1. The molecular formula is C45H81NO8P+. The van der Waals surface area contributed by atoms with Crippen molar-refractivity contribution in [3.63, 3.8) is 0 Å². The summed E-state index contributed by atoms with van der Waals surface area (Å²) in [7, 11) is 1.42. The minimum Gasteiger partial charge on any atom is -0.462 e. The van der Waals surface area contributed by atoms with Crippen molar-refractivity contribution in [3.05, 3.63) is 60.8 Å². The highest BCUT2D eigenvalue weighted by Gasteiger charge is 2.27. The molecule has 10 heteroatoms. The Morgan fingerprint density at radius 2 is 1.07 bits per heavy atom. The normalized spacial score (nSPS) is 14.2. The summed E-state index contributed by atoms with van der Waals surface area (Å²) in [5, 5.41) is 0. The van der Waals surface area contributed by atoms with Crippen molar-refractivity contribution in [2.75, 3.05) is 47.5 Å². The number of phosphoric ester groups is 1. The molecule has 0 aliphatic carbocycles. The molecule has 0 aliphatic heterocycles. The van der Waals surface area contributed by atoms with E-state index in [0.717, 1.165) is 57.8 Å². The SMILES string of the molecule is CC/C=C\C/C=C\C/C=C\C/C=C\CCC(=O)OC(COC(=O)CCCCCCCCC/C=C\CCCCCCCCC)COP(=O)(O)OCC[N+](C)(C)C. The smallest absolute Gasteiger partial charge is 0.462 e. The predicted octanol–water partition coefficient (Wildman–Crippen LogP) is 12.1. The minimum atomic E-state index is -4.39. The average Bonchev–Trinajstić information content (AvgIpc) is 3.13. The van der Waals surface area contributed by atoms with Crippen molar-refractivity contribution in [2.24, 2.45) is 0 Å². The van der Waals surface area contributed by atoms with Gasteiger partial charge in [0.1, 0.15) is 19.8 Å². The molecule has 0 bridgehead atoms. The molecule has 55 heavy (non-hydrogen) atoms. The van der Waals surface area contributed by atoms with Gasteiger partial charge in [-0.1, -0.05) is 145 Å². The standard InChI is InChI=1S/C45H80NO8P/c1-6-8-10-12-14-16-18-20-21-22-23-24-26-27-29-31-33-35-37-44(47)51-41-43(42-53-55(49,50)52-40-39-46(3,4)5)54-45(48)38-36-34-32-30-28-25-19-17-15-13-11-9-7-2/h9,11,15,17,21-22,25,28,32,34,43H,6-8,10,12-14,16,18-20,23-24,26-27,29-31,33,35-42H2,1-5H3/p+1/b11-9-,17-15-,22-21-,28-25-,34-32-.